The van der Waals surface area contributed by atoms with E-state index in [4.69, 9.17) is 15.6 Å². The zero-order chi connectivity index (χ0) is 9.94. The van der Waals surface area contributed by atoms with Gasteiger partial charge in [0.2, 0.25) is 5.91 Å². The monoisotopic (exact) mass is 190 g/mol. The Bertz CT molecular complexity index is 131. The lowest BCUT2D eigenvalue weighted by Gasteiger charge is -2.04. The number of hydrogen-bond acceptors (Lipinski definition) is 4. The molecule has 0 rings (SSSR count). The maximum absolute atomic E-state index is 10.9. The fourth-order valence-corrected chi connectivity index (χ4v) is 0.788. The van der Waals surface area contributed by atoms with Gasteiger partial charge in [-0.1, -0.05) is 0 Å². The van der Waals surface area contributed by atoms with Crippen molar-refractivity contribution in [3.63, 3.8) is 0 Å². The van der Waals surface area contributed by atoms with Crippen molar-refractivity contribution in [1.82, 2.24) is 5.32 Å². The van der Waals surface area contributed by atoms with Crippen LogP contribution >= 0.6 is 0 Å². The number of nitrogens with two attached hydrogens (primary N) is 1. The summed E-state index contributed by atoms with van der Waals surface area (Å²) >= 11 is 0. The largest absolute Gasteiger partial charge is 0.394 e. The summed E-state index contributed by atoms with van der Waals surface area (Å²) in [6.07, 6.45) is 1.13. The van der Waals surface area contributed by atoms with Gasteiger partial charge in [0.1, 0.15) is 0 Å². The van der Waals surface area contributed by atoms with Crippen LogP contribution in [0.5, 0.6) is 0 Å². The molecule has 13 heavy (non-hydrogen) atoms. The number of amides is 1. The molecule has 0 radical (unpaired) electrons. The van der Waals surface area contributed by atoms with E-state index < -0.39 is 0 Å². The van der Waals surface area contributed by atoms with E-state index in [1.807, 2.05) is 0 Å². The Kier molecular flexibility index (Phi) is 8.97. The van der Waals surface area contributed by atoms with Crippen molar-refractivity contribution in [3.05, 3.63) is 0 Å². The highest BCUT2D eigenvalue weighted by Crippen LogP contribution is 1.81. The first-order valence-electron chi connectivity index (χ1n) is 4.46. The summed E-state index contributed by atoms with van der Waals surface area (Å²) in [5.41, 5.74) is 5.19. The molecule has 4 N–H and O–H groups in total. The Labute approximate surface area is 78.3 Å². The fourth-order valence-electron chi connectivity index (χ4n) is 0.788. The van der Waals surface area contributed by atoms with Crippen LogP contribution in [0.1, 0.15) is 12.8 Å². The van der Waals surface area contributed by atoms with Crippen LogP contribution in [0, 0.1) is 0 Å². The van der Waals surface area contributed by atoms with Gasteiger partial charge in [-0.05, 0) is 6.42 Å². The second kappa shape index (κ2) is 9.44. The van der Waals surface area contributed by atoms with Crippen molar-refractivity contribution in [2.75, 3.05) is 32.9 Å². The maximum Gasteiger partial charge on any atom is 0.221 e. The second-order valence-electron chi connectivity index (χ2n) is 2.58. The van der Waals surface area contributed by atoms with Crippen molar-refractivity contribution < 1.29 is 14.6 Å². The van der Waals surface area contributed by atoms with E-state index in [0.717, 1.165) is 6.42 Å². The summed E-state index contributed by atoms with van der Waals surface area (Å²) in [5, 5.41) is 11.1. The van der Waals surface area contributed by atoms with Crippen LogP contribution in [0.15, 0.2) is 0 Å². The summed E-state index contributed by atoms with van der Waals surface area (Å²) in [4.78, 5) is 10.9. The van der Waals surface area contributed by atoms with E-state index in [-0.39, 0.29) is 12.5 Å². The quantitative estimate of drug-likeness (QED) is 0.422. The second-order valence-corrected chi connectivity index (χ2v) is 2.58. The van der Waals surface area contributed by atoms with Gasteiger partial charge in [0, 0.05) is 26.1 Å². The van der Waals surface area contributed by atoms with E-state index in [1.165, 1.54) is 0 Å². The molecule has 0 atom stereocenters. The first-order valence-corrected chi connectivity index (χ1v) is 4.46. The van der Waals surface area contributed by atoms with Gasteiger partial charge in [0.25, 0.3) is 0 Å². The van der Waals surface area contributed by atoms with Crippen molar-refractivity contribution in [3.8, 4) is 0 Å². The van der Waals surface area contributed by atoms with E-state index in [0.29, 0.717) is 32.7 Å². The smallest absolute Gasteiger partial charge is 0.221 e. The van der Waals surface area contributed by atoms with Crippen molar-refractivity contribution in [2.45, 2.75) is 12.8 Å². The number of ether oxygens (including phenoxy) is 1. The normalized spacial score (nSPS) is 10.0. The van der Waals surface area contributed by atoms with Gasteiger partial charge in [-0.25, -0.2) is 0 Å². The predicted molar refractivity (Wildman–Crippen MR) is 49.2 cm³/mol. The average molecular weight is 190 g/mol. The zero-order valence-electron chi connectivity index (χ0n) is 7.79. The van der Waals surface area contributed by atoms with Crippen LogP contribution < -0.4 is 11.1 Å². The third-order valence-corrected chi connectivity index (χ3v) is 1.39. The molecular formula is C8H18N2O3. The molecule has 78 valence electrons. The molecule has 0 aromatic heterocycles. The van der Waals surface area contributed by atoms with Crippen LogP contribution in [-0.4, -0.2) is 43.9 Å². The van der Waals surface area contributed by atoms with Crippen molar-refractivity contribution >= 4 is 5.91 Å². The average Bonchev–Trinajstić information content (AvgIpc) is 2.11. The van der Waals surface area contributed by atoms with Crippen LogP contribution in [0.2, 0.25) is 0 Å². The molecule has 5 heteroatoms. The van der Waals surface area contributed by atoms with E-state index >= 15 is 0 Å². The fraction of sp³-hybridized carbons (Fsp3) is 0.875. The molecule has 0 saturated carbocycles. The number of nitrogens with one attached hydrogen (secondary N) is 1. The summed E-state index contributed by atoms with van der Waals surface area (Å²) in [6.45, 7) is 1.94. The molecule has 0 aliphatic rings. The van der Waals surface area contributed by atoms with Gasteiger partial charge in [-0.15, -0.1) is 0 Å². The lowest BCUT2D eigenvalue weighted by Crippen LogP contribution is -2.27. The van der Waals surface area contributed by atoms with E-state index in [1.54, 1.807) is 0 Å². The minimum absolute atomic E-state index is 0.0235. The Balaban J connectivity index is 3.02. The lowest BCUT2D eigenvalue weighted by molar-refractivity contribution is -0.120. The molecule has 0 aliphatic carbocycles. The minimum atomic E-state index is -0.0235. The summed E-state index contributed by atoms with van der Waals surface area (Å²) < 4.78 is 5.00. The van der Waals surface area contributed by atoms with E-state index in [9.17, 15) is 4.79 Å². The molecule has 0 spiro atoms. The van der Waals surface area contributed by atoms with Crippen molar-refractivity contribution in [2.24, 2.45) is 5.73 Å². The van der Waals surface area contributed by atoms with Crippen molar-refractivity contribution in [1.29, 1.82) is 0 Å². The van der Waals surface area contributed by atoms with Gasteiger partial charge < -0.3 is 20.9 Å². The number of hydrogen-bond donors (Lipinski definition) is 3. The third kappa shape index (κ3) is 9.26. The number of rotatable bonds is 8. The Morgan fingerprint density at radius 1 is 1.46 bits per heavy atom. The summed E-state index contributed by atoms with van der Waals surface area (Å²) in [5.74, 6) is -0.0235. The SMILES string of the molecule is NCCC(=O)NCCCOCCO. The molecule has 0 fully saturated rings. The number of carbonyl (C=O) groups excluding carboxylic acids is 1. The van der Waals surface area contributed by atoms with Crippen LogP contribution in [0.25, 0.3) is 0 Å². The van der Waals surface area contributed by atoms with Gasteiger partial charge in [0.15, 0.2) is 0 Å². The Morgan fingerprint density at radius 2 is 2.23 bits per heavy atom. The molecule has 0 unspecified atom stereocenters. The topological polar surface area (TPSA) is 84.6 Å². The minimum Gasteiger partial charge on any atom is -0.394 e. The maximum atomic E-state index is 10.9. The third-order valence-electron chi connectivity index (χ3n) is 1.39. The molecule has 0 aromatic rings. The molecular weight excluding hydrogens is 172 g/mol. The molecule has 0 aliphatic heterocycles. The van der Waals surface area contributed by atoms with Crippen LogP contribution in [-0.2, 0) is 9.53 Å². The highest BCUT2D eigenvalue weighted by molar-refractivity contribution is 5.75. The van der Waals surface area contributed by atoms with E-state index in [2.05, 4.69) is 5.32 Å². The Hall–Kier alpha value is -0.650. The zero-order valence-corrected chi connectivity index (χ0v) is 7.79. The standard InChI is InChI=1S/C8H18N2O3/c9-3-2-8(12)10-4-1-6-13-7-5-11/h11H,1-7,9H2,(H,10,12). The first-order chi connectivity index (χ1) is 6.31. The number of carbonyl (C=O) groups is 1. The van der Waals surface area contributed by atoms with Gasteiger partial charge in [-0.2, -0.15) is 0 Å². The van der Waals surface area contributed by atoms with Crippen LogP contribution in [0.4, 0.5) is 0 Å². The lowest BCUT2D eigenvalue weighted by atomic mass is 10.4. The number of aliphatic hydroxyl groups excluding tert-OH is 1. The summed E-state index contributed by atoms with van der Waals surface area (Å²) in [7, 11) is 0. The summed E-state index contributed by atoms with van der Waals surface area (Å²) in [6, 6.07) is 0. The molecule has 1 amide bonds. The molecule has 0 heterocycles. The van der Waals surface area contributed by atoms with Crippen LogP contribution in [0.3, 0.4) is 0 Å². The molecule has 0 aromatic carbocycles. The van der Waals surface area contributed by atoms with Gasteiger partial charge >= 0.3 is 0 Å². The Morgan fingerprint density at radius 3 is 2.85 bits per heavy atom. The van der Waals surface area contributed by atoms with Gasteiger partial charge in [0.05, 0.1) is 13.2 Å². The number of aliphatic hydroxyl groups is 1. The predicted octanol–water partition coefficient (Wildman–Crippen LogP) is -1.15. The highest BCUT2D eigenvalue weighted by Gasteiger charge is 1.96. The molecule has 0 bridgehead atoms. The molecule has 5 nitrogen and oxygen atoms in total. The molecule has 0 saturated heterocycles. The van der Waals surface area contributed by atoms with Gasteiger partial charge in [-0.3, -0.25) is 4.79 Å². The highest BCUT2D eigenvalue weighted by atomic mass is 16.5. The first kappa shape index (κ1) is 12.3.